The predicted molar refractivity (Wildman–Crippen MR) is 86.6 cm³/mol. The summed E-state index contributed by atoms with van der Waals surface area (Å²) in [6.07, 6.45) is 7.70. The van der Waals surface area contributed by atoms with Gasteiger partial charge in [-0.25, -0.2) is 0 Å². The number of benzene rings is 1. The first kappa shape index (κ1) is 13.9. The largest absolute Gasteiger partial charge is 0.369 e. The molecule has 1 aliphatic heterocycles. The van der Waals surface area contributed by atoms with Crippen LogP contribution in [-0.4, -0.2) is 25.2 Å². The van der Waals surface area contributed by atoms with Gasteiger partial charge in [-0.05, 0) is 75.3 Å². The minimum absolute atomic E-state index is 0.651. The SMILES string of the molecule is CCCNC1CCN(c2ccc3c(c2)CCC3)C(C)C1. The molecule has 2 aliphatic rings. The van der Waals surface area contributed by atoms with Crippen molar-refractivity contribution in [2.24, 2.45) is 0 Å². The highest BCUT2D eigenvalue weighted by Gasteiger charge is 2.25. The first-order chi connectivity index (χ1) is 9.78. The van der Waals surface area contributed by atoms with E-state index in [1.54, 1.807) is 11.1 Å². The summed E-state index contributed by atoms with van der Waals surface area (Å²) < 4.78 is 0. The van der Waals surface area contributed by atoms with Gasteiger partial charge >= 0.3 is 0 Å². The van der Waals surface area contributed by atoms with E-state index < -0.39 is 0 Å². The Bertz CT molecular complexity index is 455. The first-order valence-corrected chi connectivity index (χ1v) is 8.39. The number of hydrogen-bond acceptors (Lipinski definition) is 2. The molecule has 2 nitrogen and oxygen atoms in total. The molecule has 1 fully saturated rings. The fourth-order valence-corrected chi connectivity index (χ4v) is 3.83. The van der Waals surface area contributed by atoms with Crippen LogP contribution in [0.25, 0.3) is 0 Å². The van der Waals surface area contributed by atoms with E-state index in [1.807, 2.05) is 0 Å². The summed E-state index contributed by atoms with van der Waals surface area (Å²) in [6, 6.07) is 8.54. The van der Waals surface area contributed by atoms with E-state index in [1.165, 1.54) is 50.8 Å². The maximum absolute atomic E-state index is 3.69. The Kier molecular flexibility index (Phi) is 4.30. The molecule has 1 aromatic carbocycles. The highest BCUT2D eigenvalue weighted by Crippen LogP contribution is 2.30. The number of nitrogens with one attached hydrogen (secondary N) is 1. The quantitative estimate of drug-likeness (QED) is 0.902. The van der Waals surface area contributed by atoms with Crippen LogP contribution in [0, 0.1) is 0 Å². The molecule has 0 saturated carbocycles. The summed E-state index contributed by atoms with van der Waals surface area (Å²) in [7, 11) is 0. The molecule has 110 valence electrons. The second kappa shape index (κ2) is 6.17. The van der Waals surface area contributed by atoms with E-state index in [2.05, 4.69) is 42.3 Å². The van der Waals surface area contributed by atoms with Gasteiger partial charge < -0.3 is 10.2 Å². The van der Waals surface area contributed by atoms with Gasteiger partial charge in [-0.2, -0.15) is 0 Å². The lowest BCUT2D eigenvalue weighted by molar-refractivity contribution is 0.369. The summed E-state index contributed by atoms with van der Waals surface area (Å²) in [4.78, 5) is 2.61. The van der Waals surface area contributed by atoms with Crippen LogP contribution in [0.5, 0.6) is 0 Å². The zero-order valence-corrected chi connectivity index (χ0v) is 13.0. The molecule has 2 unspecified atom stereocenters. The second-order valence-electron chi connectivity index (χ2n) is 6.52. The van der Waals surface area contributed by atoms with Crippen molar-refractivity contribution >= 4 is 5.69 Å². The zero-order valence-electron chi connectivity index (χ0n) is 13.0. The Morgan fingerprint density at radius 3 is 2.90 bits per heavy atom. The maximum atomic E-state index is 3.69. The van der Waals surface area contributed by atoms with Crippen molar-refractivity contribution in [1.29, 1.82) is 0 Å². The fraction of sp³-hybridized carbons (Fsp3) is 0.667. The molecule has 0 amide bonds. The molecule has 1 aliphatic carbocycles. The van der Waals surface area contributed by atoms with Crippen LogP contribution < -0.4 is 10.2 Å². The lowest BCUT2D eigenvalue weighted by atomic mass is 9.96. The van der Waals surface area contributed by atoms with Gasteiger partial charge in [-0.1, -0.05) is 13.0 Å². The minimum atomic E-state index is 0.651. The molecule has 1 heterocycles. The normalized spacial score (nSPS) is 25.8. The second-order valence-corrected chi connectivity index (χ2v) is 6.52. The van der Waals surface area contributed by atoms with Gasteiger partial charge in [-0.3, -0.25) is 0 Å². The highest BCUT2D eigenvalue weighted by molar-refractivity contribution is 5.53. The summed E-state index contributed by atoms with van der Waals surface area (Å²) in [5, 5.41) is 3.69. The Hall–Kier alpha value is -1.02. The molecule has 1 saturated heterocycles. The van der Waals surface area contributed by atoms with Gasteiger partial charge in [0.1, 0.15) is 0 Å². The van der Waals surface area contributed by atoms with Crippen LogP contribution in [0.2, 0.25) is 0 Å². The van der Waals surface area contributed by atoms with E-state index in [0.717, 1.165) is 12.6 Å². The number of anilines is 1. The number of aryl methyl sites for hydroxylation is 2. The average molecular weight is 272 g/mol. The standard InChI is InChI=1S/C18H28N2/c1-3-10-19-17-9-11-20(14(2)12-17)18-8-7-15-5-4-6-16(15)13-18/h7-8,13-14,17,19H,3-6,9-12H2,1-2H3. The number of piperidine rings is 1. The van der Waals surface area contributed by atoms with Crippen molar-refractivity contribution in [3.8, 4) is 0 Å². The fourth-order valence-electron chi connectivity index (χ4n) is 3.83. The van der Waals surface area contributed by atoms with Gasteiger partial charge in [0.05, 0.1) is 0 Å². The molecule has 2 heteroatoms. The molecule has 2 atom stereocenters. The Labute approximate surface area is 123 Å². The van der Waals surface area contributed by atoms with E-state index in [9.17, 15) is 0 Å². The molecule has 0 radical (unpaired) electrons. The third-order valence-electron chi connectivity index (χ3n) is 4.97. The smallest absolute Gasteiger partial charge is 0.0371 e. The minimum Gasteiger partial charge on any atom is -0.369 e. The summed E-state index contributed by atoms with van der Waals surface area (Å²) in [5.41, 5.74) is 4.63. The molecule has 20 heavy (non-hydrogen) atoms. The Balaban J connectivity index is 1.66. The number of fused-ring (bicyclic) bond motifs is 1. The van der Waals surface area contributed by atoms with Crippen molar-refractivity contribution in [1.82, 2.24) is 5.32 Å². The first-order valence-electron chi connectivity index (χ1n) is 8.39. The van der Waals surface area contributed by atoms with Crippen molar-refractivity contribution in [3.63, 3.8) is 0 Å². The van der Waals surface area contributed by atoms with Crippen LogP contribution in [0.1, 0.15) is 50.7 Å². The van der Waals surface area contributed by atoms with Gasteiger partial charge in [-0.15, -0.1) is 0 Å². The Morgan fingerprint density at radius 2 is 2.10 bits per heavy atom. The van der Waals surface area contributed by atoms with Crippen LogP contribution >= 0.6 is 0 Å². The van der Waals surface area contributed by atoms with E-state index >= 15 is 0 Å². The average Bonchev–Trinajstić information content (AvgIpc) is 2.92. The predicted octanol–water partition coefficient (Wildman–Crippen LogP) is 3.53. The Morgan fingerprint density at radius 1 is 1.25 bits per heavy atom. The van der Waals surface area contributed by atoms with Crippen molar-refractivity contribution < 1.29 is 0 Å². The highest BCUT2D eigenvalue weighted by atomic mass is 15.2. The zero-order chi connectivity index (χ0) is 13.9. The molecule has 3 rings (SSSR count). The topological polar surface area (TPSA) is 15.3 Å². The number of nitrogens with zero attached hydrogens (tertiary/aromatic N) is 1. The lowest BCUT2D eigenvalue weighted by Gasteiger charge is -2.40. The van der Waals surface area contributed by atoms with Crippen molar-refractivity contribution in [2.75, 3.05) is 18.0 Å². The third-order valence-corrected chi connectivity index (χ3v) is 4.97. The summed E-state index contributed by atoms with van der Waals surface area (Å²) >= 11 is 0. The van der Waals surface area contributed by atoms with Gasteiger partial charge in [0, 0.05) is 24.3 Å². The van der Waals surface area contributed by atoms with Crippen molar-refractivity contribution in [3.05, 3.63) is 29.3 Å². The molecule has 0 spiro atoms. The van der Waals surface area contributed by atoms with Crippen molar-refractivity contribution in [2.45, 2.75) is 64.5 Å². The van der Waals surface area contributed by atoms with E-state index in [0.29, 0.717) is 6.04 Å². The van der Waals surface area contributed by atoms with Gasteiger partial charge in [0.25, 0.3) is 0 Å². The van der Waals surface area contributed by atoms with Gasteiger partial charge in [0.2, 0.25) is 0 Å². The van der Waals surface area contributed by atoms with Crippen LogP contribution in [0.15, 0.2) is 18.2 Å². The van der Waals surface area contributed by atoms with Crippen LogP contribution in [0.4, 0.5) is 5.69 Å². The van der Waals surface area contributed by atoms with Crippen LogP contribution in [-0.2, 0) is 12.8 Å². The monoisotopic (exact) mass is 272 g/mol. The molecule has 0 aromatic heterocycles. The molecule has 1 N–H and O–H groups in total. The van der Waals surface area contributed by atoms with E-state index in [4.69, 9.17) is 0 Å². The number of rotatable bonds is 4. The van der Waals surface area contributed by atoms with E-state index in [-0.39, 0.29) is 0 Å². The molecular weight excluding hydrogens is 244 g/mol. The molecule has 0 bridgehead atoms. The lowest BCUT2D eigenvalue weighted by Crippen LogP contribution is -2.47. The summed E-state index contributed by atoms with van der Waals surface area (Å²) in [5.74, 6) is 0. The third kappa shape index (κ3) is 2.85. The number of hydrogen-bond donors (Lipinski definition) is 1. The molecular formula is C18H28N2. The van der Waals surface area contributed by atoms with Gasteiger partial charge in [0.15, 0.2) is 0 Å². The maximum Gasteiger partial charge on any atom is 0.0371 e. The van der Waals surface area contributed by atoms with Crippen LogP contribution in [0.3, 0.4) is 0 Å². The summed E-state index contributed by atoms with van der Waals surface area (Å²) in [6.45, 7) is 6.99. The molecule has 1 aromatic rings.